The molecule has 1 aliphatic rings. The number of nitrogens with one attached hydrogen (secondary N) is 1. The number of likely N-dealkylation sites (tertiary alicyclic amines) is 1. The number of ether oxygens (including phenoxy) is 1. The molecule has 2 amide bonds. The summed E-state index contributed by atoms with van der Waals surface area (Å²) in [5.74, 6) is 0.559. The lowest BCUT2D eigenvalue weighted by Gasteiger charge is -2.34. The Kier molecular flexibility index (Phi) is 7.80. The van der Waals surface area contributed by atoms with Crippen molar-refractivity contribution in [3.63, 3.8) is 0 Å². The Hall–Kier alpha value is -3.26. The molecule has 1 saturated heterocycles. The summed E-state index contributed by atoms with van der Waals surface area (Å²) in [4.78, 5) is 33.0. The summed E-state index contributed by atoms with van der Waals surface area (Å²) in [5, 5.41) is 3.74. The summed E-state index contributed by atoms with van der Waals surface area (Å²) in [7, 11) is 1.62. The maximum absolute atomic E-state index is 13.2. The van der Waals surface area contributed by atoms with Crippen molar-refractivity contribution in [3.05, 3.63) is 70.5 Å². The Morgan fingerprint density at radius 3 is 2.60 bits per heavy atom. The topological polar surface area (TPSA) is 71.5 Å². The third kappa shape index (κ3) is 5.88. The molecule has 1 aromatic heterocycles. The molecule has 3 aromatic rings. The lowest BCUT2D eigenvalue weighted by Crippen LogP contribution is -2.42. The third-order valence-electron chi connectivity index (χ3n) is 6.63. The standard InChI is InChI=1S/C27H30FN3O3S/c1-17(25(32)29-16-19-5-4-6-23(15-19)34-3)20-11-13-31(14-12-20)27(33)24-18(2)30-26(35-24)21-7-9-22(28)10-8-21/h4-10,15,17,20H,11-14,16H2,1-3H3,(H,29,32)/t17-/m0/s1. The third-order valence-corrected chi connectivity index (χ3v) is 7.82. The van der Waals surface area contributed by atoms with Crippen LogP contribution in [-0.4, -0.2) is 41.9 Å². The predicted molar refractivity (Wildman–Crippen MR) is 135 cm³/mol. The number of aryl methyl sites for hydroxylation is 1. The fourth-order valence-corrected chi connectivity index (χ4v) is 5.44. The molecule has 0 bridgehead atoms. The van der Waals surface area contributed by atoms with Gasteiger partial charge in [-0.25, -0.2) is 9.37 Å². The summed E-state index contributed by atoms with van der Waals surface area (Å²) in [6.07, 6.45) is 1.56. The van der Waals surface area contributed by atoms with Crippen molar-refractivity contribution in [2.24, 2.45) is 11.8 Å². The van der Waals surface area contributed by atoms with Gasteiger partial charge < -0.3 is 15.0 Å². The Balaban J connectivity index is 1.31. The van der Waals surface area contributed by atoms with Crippen LogP contribution in [0.4, 0.5) is 4.39 Å². The summed E-state index contributed by atoms with van der Waals surface area (Å²) in [6.45, 7) is 5.48. The molecule has 184 valence electrons. The SMILES string of the molecule is COc1cccc(CNC(=O)[C@@H](C)C2CCN(C(=O)c3sc(-c4ccc(F)cc4)nc3C)CC2)c1. The first-order chi connectivity index (χ1) is 16.9. The highest BCUT2D eigenvalue weighted by molar-refractivity contribution is 7.17. The van der Waals surface area contributed by atoms with Gasteiger partial charge >= 0.3 is 0 Å². The van der Waals surface area contributed by atoms with Crippen LogP contribution in [0.1, 0.15) is 40.7 Å². The Bertz CT molecular complexity index is 1190. The predicted octanol–water partition coefficient (Wildman–Crippen LogP) is 5.07. The van der Waals surface area contributed by atoms with E-state index in [2.05, 4.69) is 10.3 Å². The lowest BCUT2D eigenvalue weighted by molar-refractivity contribution is -0.126. The molecular formula is C27H30FN3O3S. The summed E-state index contributed by atoms with van der Waals surface area (Å²) in [6, 6.07) is 13.8. The number of rotatable bonds is 7. The molecule has 0 radical (unpaired) electrons. The van der Waals surface area contributed by atoms with Gasteiger partial charge in [-0.3, -0.25) is 9.59 Å². The van der Waals surface area contributed by atoms with Crippen molar-refractivity contribution < 1.29 is 18.7 Å². The van der Waals surface area contributed by atoms with Crippen molar-refractivity contribution in [2.45, 2.75) is 33.2 Å². The molecule has 1 aliphatic heterocycles. The number of carbonyl (C=O) groups is 2. The highest BCUT2D eigenvalue weighted by Gasteiger charge is 2.31. The van der Waals surface area contributed by atoms with Crippen LogP contribution >= 0.6 is 11.3 Å². The van der Waals surface area contributed by atoms with Gasteiger partial charge in [0, 0.05) is 31.1 Å². The number of carbonyl (C=O) groups excluding carboxylic acids is 2. The maximum atomic E-state index is 13.2. The Morgan fingerprint density at radius 1 is 1.20 bits per heavy atom. The van der Waals surface area contributed by atoms with E-state index in [0.29, 0.717) is 35.2 Å². The highest BCUT2D eigenvalue weighted by Crippen LogP contribution is 2.31. The van der Waals surface area contributed by atoms with E-state index in [1.807, 2.05) is 43.0 Å². The van der Waals surface area contributed by atoms with Crippen LogP contribution in [0.15, 0.2) is 48.5 Å². The number of piperidine rings is 1. The summed E-state index contributed by atoms with van der Waals surface area (Å²) >= 11 is 1.34. The normalized spacial score (nSPS) is 15.0. The number of amides is 2. The van der Waals surface area contributed by atoms with Crippen molar-refractivity contribution in [1.82, 2.24) is 15.2 Å². The second-order valence-corrected chi connectivity index (χ2v) is 9.93. The van der Waals surface area contributed by atoms with E-state index in [9.17, 15) is 14.0 Å². The number of nitrogens with zero attached hydrogens (tertiary/aromatic N) is 2. The van der Waals surface area contributed by atoms with Crippen molar-refractivity contribution in [2.75, 3.05) is 20.2 Å². The van der Waals surface area contributed by atoms with E-state index in [-0.39, 0.29) is 29.5 Å². The number of thiazole rings is 1. The van der Waals surface area contributed by atoms with Gasteiger partial charge in [-0.15, -0.1) is 11.3 Å². The van der Waals surface area contributed by atoms with Crippen LogP contribution in [0.3, 0.4) is 0 Å². The van der Waals surface area contributed by atoms with E-state index in [0.717, 1.165) is 29.7 Å². The molecule has 1 fully saturated rings. The average Bonchev–Trinajstić information content (AvgIpc) is 3.28. The highest BCUT2D eigenvalue weighted by atomic mass is 32.1. The van der Waals surface area contributed by atoms with Gasteiger partial charge in [-0.1, -0.05) is 19.1 Å². The van der Waals surface area contributed by atoms with Gasteiger partial charge in [0.25, 0.3) is 5.91 Å². The zero-order valence-corrected chi connectivity index (χ0v) is 21.0. The second kappa shape index (κ2) is 11.0. The van der Waals surface area contributed by atoms with Crippen molar-refractivity contribution >= 4 is 23.2 Å². The molecule has 0 saturated carbocycles. The minimum atomic E-state index is -0.301. The van der Waals surface area contributed by atoms with Gasteiger partial charge in [0.15, 0.2) is 0 Å². The van der Waals surface area contributed by atoms with Crippen LogP contribution in [0.25, 0.3) is 10.6 Å². The van der Waals surface area contributed by atoms with Crippen LogP contribution in [0, 0.1) is 24.6 Å². The van der Waals surface area contributed by atoms with Gasteiger partial charge in [0.2, 0.25) is 5.91 Å². The van der Waals surface area contributed by atoms with Gasteiger partial charge in [0.1, 0.15) is 21.5 Å². The zero-order chi connectivity index (χ0) is 24.9. The van der Waals surface area contributed by atoms with Gasteiger partial charge in [0.05, 0.1) is 12.8 Å². The second-order valence-electron chi connectivity index (χ2n) is 8.93. The minimum absolute atomic E-state index is 0.0260. The Morgan fingerprint density at radius 2 is 1.91 bits per heavy atom. The first kappa shape index (κ1) is 24.9. The molecule has 1 atom stereocenters. The number of halogens is 1. The molecular weight excluding hydrogens is 465 g/mol. The molecule has 35 heavy (non-hydrogen) atoms. The van der Waals surface area contributed by atoms with Gasteiger partial charge in [-0.2, -0.15) is 0 Å². The van der Waals surface area contributed by atoms with E-state index in [1.54, 1.807) is 19.2 Å². The fraction of sp³-hybridized carbons (Fsp3) is 0.370. The van der Waals surface area contributed by atoms with Gasteiger partial charge in [-0.05, 0) is 67.6 Å². The number of hydrogen-bond acceptors (Lipinski definition) is 5. The van der Waals surface area contributed by atoms with Crippen LogP contribution < -0.4 is 10.1 Å². The first-order valence-corrected chi connectivity index (χ1v) is 12.6. The van der Waals surface area contributed by atoms with E-state index >= 15 is 0 Å². The number of hydrogen-bond donors (Lipinski definition) is 1. The summed E-state index contributed by atoms with van der Waals surface area (Å²) < 4.78 is 18.5. The fourth-order valence-electron chi connectivity index (χ4n) is 4.40. The average molecular weight is 496 g/mol. The molecule has 4 rings (SSSR count). The van der Waals surface area contributed by atoms with Crippen LogP contribution in [-0.2, 0) is 11.3 Å². The van der Waals surface area contributed by atoms with E-state index in [1.165, 1.54) is 23.5 Å². The molecule has 2 aromatic carbocycles. The van der Waals surface area contributed by atoms with E-state index < -0.39 is 0 Å². The molecule has 0 spiro atoms. The summed E-state index contributed by atoms with van der Waals surface area (Å²) in [5.41, 5.74) is 2.48. The molecule has 8 heteroatoms. The van der Waals surface area contributed by atoms with Crippen molar-refractivity contribution in [3.8, 4) is 16.3 Å². The lowest BCUT2D eigenvalue weighted by atomic mass is 9.84. The molecule has 6 nitrogen and oxygen atoms in total. The van der Waals surface area contributed by atoms with Crippen LogP contribution in [0.2, 0.25) is 0 Å². The quantitative estimate of drug-likeness (QED) is 0.497. The monoisotopic (exact) mass is 495 g/mol. The van der Waals surface area contributed by atoms with Crippen molar-refractivity contribution in [1.29, 1.82) is 0 Å². The number of aromatic nitrogens is 1. The molecule has 1 N–H and O–H groups in total. The molecule has 0 aliphatic carbocycles. The Labute approximate surface area is 209 Å². The number of methoxy groups -OCH3 is 1. The van der Waals surface area contributed by atoms with E-state index in [4.69, 9.17) is 4.74 Å². The zero-order valence-electron chi connectivity index (χ0n) is 20.2. The minimum Gasteiger partial charge on any atom is -0.497 e. The van der Waals surface area contributed by atoms with Crippen LogP contribution in [0.5, 0.6) is 5.75 Å². The smallest absolute Gasteiger partial charge is 0.265 e. The largest absolute Gasteiger partial charge is 0.497 e. The number of benzene rings is 2. The first-order valence-electron chi connectivity index (χ1n) is 11.8. The maximum Gasteiger partial charge on any atom is 0.265 e. The molecule has 2 heterocycles. The molecule has 0 unspecified atom stereocenters.